The summed E-state index contributed by atoms with van der Waals surface area (Å²) in [4.78, 5) is 2.58. The van der Waals surface area contributed by atoms with Crippen LogP contribution in [0, 0.1) is 18.8 Å². The Morgan fingerprint density at radius 2 is 1.75 bits per heavy atom. The molecule has 24 heavy (non-hydrogen) atoms. The van der Waals surface area contributed by atoms with E-state index in [4.69, 9.17) is 0 Å². The number of hydrogen-bond donors (Lipinski definition) is 1. The molecule has 1 fully saturated rings. The summed E-state index contributed by atoms with van der Waals surface area (Å²) in [6, 6.07) is 11.3. The third-order valence-corrected chi connectivity index (χ3v) is 5.25. The van der Waals surface area contributed by atoms with Crippen molar-refractivity contribution in [1.82, 2.24) is 25.0 Å². The van der Waals surface area contributed by atoms with Gasteiger partial charge < -0.3 is 9.88 Å². The molecular weight excluding hydrogens is 298 g/mol. The Morgan fingerprint density at radius 1 is 1.08 bits per heavy atom. The number of rotatable bonds is 5. The summed E-state index contributed by atoms with van der Waals surface area (Å²) in [5, 5.41) is 12.1. The Kier molecular flexibility index (Phi) is 5.31. The predicted octanol–water partition coefficient (Wildman–Crippen LogP) is 2.37. The van der Waals surface area contributed by atoms with E-state index in [1.54, 1.807) is 0 Å². The van der Waals surface area contributed by atoms with Gasteiger partial charge in [-0.25, -0.2) is 0 Å². The number of piperidine rings is 1. The van der Waals surface area contributed by atoms with Gasteiger partial charge in [0.15, 0.2) is 0 Å². The van der Waals surface area contributed by atoms with Crippen LogP contribution in [0.15, 0.2) is 30.3 Å². The molecule has 1 aromatic heterocycles. The van der Waals surface area contributed by atoms with E-state index in [2.05, 4.69) is 69.2 Å². The summed E-state index contributed by atoms with van der Waals surface area (Å²) in [6.45, 7) is 10.8. The molecule has 5 nitrogen and oxygen atoms in total. The van der Waals surface area contributed by atoms with Gasteiger partial charge in [-0.15, -0.1) is 10.2 Å². The van der Waals surface area contributed by atoms with Gasteiger partial charge in [0.25, 0.3) is 0 Å². The molecule has 0 amide bonds. The molecule has 2 heterocycles. The fraction of sp³-hybridized carbons (Fsp3) is 0.579. The van der Waals surface area contributed by atoms with Crippen molar-refractivity contribution < 1.29 is 0 Å². The van der Waals surface area contributed by atoms with Crippen LogP contribution in [0.2, 0.25) is 0 Å². The van der Waals surface area contributed by atoms with Crippen LogP contribution in [-0.2, 0) is 20.1 Å². The average Bonchev–Trinajstić information content (AvgIpc) is 2.87. The highest BCUT2D eigenvalue weighted by Crippen LogP contribution is 2.24. The van der Waals surface area contributed by atoms with E-state index in [0.717, 1.165) is 37.8 Å². The summed E-state index contributed by atoms with van der Waals surface area (Å²) >= 11 is 0. The SMILES string of the molecule is Cc1nnc(CNC2[C@@H](C)CN(Cc3ccccc3)C[C@@H]2C)n1C. The van der Waals surface area contributed by atoms with Crippen LogP contribution in [0.1, 0.15) is 31.1 Å². The van der Waals surface area contributed by atoms with Crippen molar-refractivity contribution in [3.63, 3.8) is 0 Å². The van der Waals surface area contributed by atoms with E-state index in [1.807, 2.05) is 14.0 Å². The number of nitrogens with zero attached hydrogens (tertiary/aromatic N) is 4. The Hall–Kier alpha value is -1.72. The maximum atomic E-state index is 4.26. The van der Waals surface area contributed by atoms with E-state index in [1.165, 1.54) is 5.56 Å². The molecule has 5 heteroatoms. The first-order valence-electron chi connectivity index (χ1n) is 8.89. The highest BCUT2D eigenvalue weighted by atomic mass is 15.3. The predicted molar refractivity (Wildman–Crippen MR) is 96.4 cm³/mol. The van der Waals surface area contributed by atoms with Gasteiger partial charge in [-0.2, -0.15) is 0 Å². The molecule has 1 aromatic carbocycles. The van der Waals surface area contributed by atoms with Crippen LogP contribution >= 0.6 is 0 Å². The maximum Gasteiger partial charge on any atom is 0.146 e. The van der Waals surface area contributed by atoms with Crippen LogP contribution in [0.4, 0.5) is 0 Å². The summed E-state index contributed by atoms with van der Waals surface area (Å²) in [5.74, 6) is 3.21. The zero-order valence-corrected chi connectivity index (χ0v) is 15.2. The quantitative estimate of drug-likeness (QED) is 0.916. The summed E-state index contributed by atoms with van der Waals surface area (Å²) < 4.78 is 2.06. The average molecular weight is 327 g/mol. The molecule has 0 unspecified atom stereocenters. The Labute approximate surface area is 145 Å². The molecule has 0 spiro atoms. The fourth-order valence-electron chi connectivity index (χ4n) is 3.86. The topological polar surface area (TPSA) is 46.0 Å². The minimum Gasteiger partial charge on any atom is -0.317 e. The highest BCUT2D eigenvalue weighted by molar-refractivity contribution is 5.14. The van der Waals surface area contributed by atoms with Crippen LogP contribution < -0.4 is 5.32 Å². The molecule has 0 aliphatic carbocycles. The standard InChI is InChI=1S/C19H29N5/c1-14-11-24(13-17-8-6-5-7-9-17)12-15(2)19(14)20-10-18-22-21-16(3)23(18)4/h5-9,14-15,19-20H,10-13H2,1-4H3/t14-,15-/m0/s1. The molecule has 2 atom stereocenters. The first-order valence-corrected chi connectivity index (χ1v) is 8.89. The lowest BCUT2D eigenvalue weighted by Gasteiger charge is -2.42. The Morgan fingerprint density at radius 3 is 2.33 bits per heavy atom. The molecule has 1 aliphatic rings. The lowest BCUT2D eigenvalue weighted by atomic mass is 9.85. The van der Waals surface area contributed by atoms with Gasteiger partial charge in [-0.1, -0.05) is 44.2 Å². The molecule has 1 aliphatic heterocycles. The van der Waals surface area contributed by atoms with Gasteiger partial charge >= 0.3 is 0 Å². The first kappa shape index (κ1) is 17.1. The van der Waals surface area contributed by atoms with Gasteiger partial charge in [0, 0.05) is 32.7 Å². The number of hydrogen-bond acceptors (Lipinski definition) is 4. The summed E-state index contributed by atoms with van der Waals surface area (Å²) in [7, 11) is 2.03. The second-order valence-corrected chi connectivity index (χ2v) is 7.26. The van der Waals surface area contributed by atoms with Crippen molar-refractivity contribution in [2.24, 2.45) is 18.9 Å². The highest BCUT2D eigenvalue weighted by Gasteiger charge is 2.31. The molecule has 3 rings (SSSR count). The van der Waals surface area contributed by atoms with Crippen molar-refractivity contribution in [2.45, 2.75) is 39.9 Å². The lowest BCUT2D eigenvalue weighted by Crippen LogP contribution is -2.53. The largest absolute Gasteiger partial charge is 0.317 e. The van der Waals surface area contributed by atoms with Crippen molar-refractivity contribution in [2.75, 3.05) is 13.1 Å². The van der Waals surface area contributed by atoms with Crippen LogP contribution in [0.25, 0.3) is 0 Å². The first-order chi connectivity index (χ1) is 11.5. The molecule has 0 bridgehead atoms. The van der Waals surface area contributed by atoms with Crippen molar-refractivity contribution in [3.8, 4) is 0 Å². The fourth-order valence-corrected chi connectivity index (χ4v) is 3.86. The monoisotopic (exact) mass is 327 g/mol. The number of aryl methyl sites for hydroxylation is 1. The zero-order valence-electron chi connectivity index (χ0n) is 15.2. The minimum absolute atomic E-state index is 0.522. The van der Waals surface area contributed by atoms with Crippen molar-refractivity contribution >= 4 is 0 Å². The summed E-state index contributed by atoms with van der Waals surface area (Å²) in [5.41, 5.74) is 1.40. The number of benzene rings is 1. The number of nitrogens with one attached hydrogen (secondary N) is 1. The van der Waals surface area contributed by atoms with Gasteiger partial charge in [0.2, 0.25) is 0 Å². The van der Waals surface area contributed by atoms with Gasteiger partial charge in [-0.05, 0) is 24.3 Å². The Balaban J connectivity index is 1.56. The van der Waals surface area contributed by atoms with Crippen LogP contribution in [-0.4, -0.2) is 38.8 Å². The zero-order chi connectivity index (χ0) is 17.1. The molecular formula is C19H29N5. The summed E-state index contributed by atoms with van der Waals surface area (Å²) in [6.07, 6.45) is 0. The van der Waals surface area contributed by atoms with E-state index in [0.29, 0.717) is 17.9 Å². The normalized spacial score (nSPS) is 22.8. The van der Waals surface area contributed by atoms with Crippen molar-refractivity contribution in [1.29, 1.82) is 0 Å². The van der Waals surface area contributed by atoms with Crippen molar-refractivity contribution in [3.05, 3.63) is 47.5 Å². The second kappa shape index (κ2) is 7.45. The molecule has 1 N–H and O–H groups in total. The molecule has 2 aromatic rings. The minimum atomic E-state index is 0.522. The van der Waals surface area contributed by atoms with Crippen LogP contribution in [0.5, 0.6) is 0 Å². The van der Waals surface area contributed by atoms with E-state index in [-0.39, 0.29) is 0 Å². The third-order valence-electron chi connectivity index (χ3n) is 5.25. The van der Waals surface area contributed by atoms with Gasteiger partial charge in [0.05, 0.1) is 6.54 Å². The number of aromatic nitrogens is 3. The third kappa shape index (κ3) is 3.84. The molecule has 0 saturated carbocycles. The van der Waals surface area contributed by atoms with Gasteiger partial charge in [0.1, 0.15) is 11.6 Å². The van der Waals surface area contributed by atoms with E-state index in [9.17, 15) is 0 Å². The molecule has 1 saturated heterocycles. The van der Waals surface area contributed by atoms with E-state index < -0.39 is 0 Å². The van der Waals surface area contributed by atoms with E-state index >= 15 is 0 Å². The number of likely N-dealkylation sites (tertiary alicyclic amines) is 1. The molecule has 0 radical (unpaired) electrons. The maximum absolute atomic E-state index is 4.26. The second-order valence-electron chi connectivity index (χ2n) is 7.26. The lowest BCUT2D eigenvalue weighted by molar-refractivity contribution is 0.0934. The Bertz CT molecular complexity index is 639. The van der Waals surface area contributed by atoms with Gasteiger partial charge in [-0.3, -0.25) is 4.90 Å². The smallest absolute Gasteiger partial charge is 0.146 e. The molecule has 130 valence electrons. The van der Waals surface area contributed by atoms with Crippen LogP contribution in [0.3, 0.4) is 0 Å².